The van der Waals surface area contributed by atoms with Crippen molar-refractivity contribution < 1.29 is 4.39 Å². The Morgan fingerprint density at radius 1 is 1.25 bits per heavy atom. The SMILES string of the molecule is CCn1c(CN(C)CC2CNNC2c2ccc(F)cc2)nnc1C1CC(N)C1. The lowest BCUT2D eigenvalue weighted by atomic mass is 9.80. The molecule has 152 valence electrons. The number of hydrogen-bond acceptors (Lipinski definition) is 6. The van der Waals surface area contributed by atoms with Gasteiger partial charge in [-0.15, -0.1) is 10.2 Å². The molecule has 4 N–H and O–H groups in total. The largest absolute Gasteiger partial charge is 0.328 e. The maximum absolute atomic E-state index is 13.2. The first-order valence-electron chi connectivity index (χ1n) is 10.1. The fourth-order valence-corrected chi connectivity index (χ4v) is 4.42. The third-order valence-corrected chi connectivity index (χ3v) is 5.99. The Labute approximate surface area is 165 Å². The molecule has 0 spiro atoms. The van der Waals surface area contributed by atoms with Crippen molar-refractivity contribution in [3.05, 3.63) is 47.3 Å². The lowest BCUT2D eigenvalue weighted by Crippen LogP contribution is -2.36. The number of nitrogens with zero attached hydrogens (tertiary/aromatic N) is 4. The Morgan fingerprint density at radius 3 is 2.68 bits per heavy atom. The van der Waals surface area contributed by atoms with Gasteiger partial charge in [-0.3, -0.25) is 10.3 Å². The molecule has 7 nitrogen and oxygen atoms in total. The molecule has 0 radical (unpaired) electrons. The van der Waals surface area contributed by atoms with Gasteiger partial charge < -0.3 is 10.3 Å². The number of nitrogens with two attached hydrogens (primary N) is 1. The van der Waals surface area contributed by atoms with Crippen LogP contribution in [-0.4, -0.2) is 45.8 Å². The van der Waals surface area contributed by atoms with E-state index in [-0.39, 0.29) is 11.9 Å². The summed E-state index contributed by atoms with van der Waals surface area (Å²) in [4.78, 5) is 2.29. The van der Waals surface area contributed by atoms with Crippen molar-refractivity contribution >= 4 is 0 Å². The summed E-state index contributed by atoms with van der Waals surface area (Å²) in [6.07, 6.45) is 2.01. The maximum atomic E-state index is 13.2. The zero-order valence-electron chi connectivity index (χ0n) is 16.6. The van der Waals surface area contributed by atoms with E-state index in [0.29, 0.717) is 17.9 Å². The van der Waals surface area contributed by atoms with Crippen LogP contribution in [-0.2, 0) is 13.1 Å². The molecule has 1 aromatic heterocycles. The van der Waals surface area contributed by atoms with Gasteiger partial charge in [0, 0.05) is 37.5 Å². The van der Waals surface area contributed by atoms with Crippen LogP contribution in [0.2, 0.25) is 0 Å². The molecular weight excluding hydrogens is 357 g/mol. The summed E-state index contributed by atoms with van der Waals surface area (Å²) in [6, 6.07) is 7.23. The fourth-order valence-electron chi connectivity index (χ4n) is 4.42. The molecule has 2 fully saturated rings. The second-order valence-corrected chi connectivity index (χ2v) is 8.16. The smallest absolute Gasteiger partial charge is 0.147 e. The molecule has 1 saturated carbocycles. The highest BCUT2D eigenvalue weighted by molar-refractivity contribution is 5.21. The third kappa shape index (κ3) is 3.96. The predicted octanol–water partition coefficient (Wildman–Crippen LogP) is 1.54. The topological polar surface area (TPSA) is 84.0 Å². The molecule has 2 atom stereocenters. The molecule has 1 aliphatic heterocycles. The van der Waals surface area contributed by atoms with Gasteiger partial charge in [0.05, 0.1) is 12.6 Å². The van der Waals surface area contributed by atoms with Gasteiger partial charge >= 0.3 is 0 Å². The van der Waals surface area contributed by atoms with E-state index in [0.717, 1.165) is 56.2 Å². The summed E-state index contributed by atoms with van der Waals surface area (Å²) in [5.74, 6) is 2.73. The van der Waals surface area contributed by atoms with E-state index >= 15 is 0 Å². The number of hydrogen-bond donors (Lipinski definition) is 3. The van der Waals surface area contributed by atoms with E-state index in [1.54, 1.807) is 0 Å². The lowest BCUT2D eigenvalue weighted by molar-refractivity contribution is 0.253. The average Bonchev–Trinajstić information content (AvgIpc) is 3.26. The van der Waals surface area contributed by atoms with Gasteiger partial charge in [0.25, 0.3) is 0 Å². The Balaban J connectivity index is 1.40. The van der Waals surface area contributed by atoms with Crippen LogP contribution in [0.3, 0.4) is 0 Å². The van der Waals surface area contributed by atoms with Crippen molar-refractivity contribution in [3.63, 3.8) is 0 Å². The number of hydrazine groups is 1. The average molecular weight is 388 g/mol. The highest BCUT2D eigenvalue weighted by atomic mass is 19.1. The summed E-state index contributed by atoms with van der Waals surface area (Å²) in [5, 5.41) is 8.94. The molecule has 0 amide bonds. The molecule has 1 aromatic carbocycles. The van der Waals surface area contributed by atoms with Crippen molar-refractivity contribution in [2.75, 3.05) is 20.1 Å². The van der Waals surface area contributed by atoms with Crippen molar-refractivity contribution in [3.8, 4) is 0 Å². The molecule has 1 aliphatic carbocycles. The summed E-state index contributed by atoms with van der Waals surface area (Å²) in [7, 11) is 2.12. The zero-order valence-corrected chi connectivity index (χ0v) is 16.6. The predicted molar refractivity (Wildman–Crippen MR) is 106 cm³/mol. The van der Waals surface area contributed by atoms with Crippen LogP contribution in [0.5, 0.6) is 0 Å². The summed E-state index contributed by atoms with van der Waals surface area (Å²) < 4.78 is 15.5. The number of nitrogens with one attached hydrogen (secondary N) is 2. The van der Waals surface area contributed by atoms with Gasteiger partial charge in [-0.25, -0.2) is 9.82 Å². The van der Waals surface area contributed by atoms with Crippen LogP contribution in [0.1, 0.15) is 48.9 Å². The normalized spacial score (nSPS) is 27.3. The third-order valence-electron chi connectivity index (χ3n) is 5.99. The van der Waals surface area contributed by atoms with E-state index in [2.05, 4.69) is 44.5 Å². The summed E-state index contributed by atoms with van der Waals surface area (Å²) >= 11 is 0. The van der Waals surface area contributed by atoms with Crippen LogP contribution in [0.4, 0.5) is 4.39 Å². The minimum absolute atomic E-state index is 0.166. The van der Waals surface area contributed by atoms with Crippen LogP contribution < -0.4 is 16.6 Å². The first kappa shape index (κ1) is 19.4. The quantitative estimate of drug-likeness (QED) is 0.668. The molecule has 1 saturated heterocycles. The van der Waals surface area contributed by atoms with E-state index in [1.165, 1.54) is 12.1 Å². The number of aromatic nitrogens is 3. The minimum Gasteiger partial charge on any atom is -0.328 e. The van der Waals surface area contributed by atoms with Crippen molar-refractivity contribution in [2.24, 2.45) is 11.7 Å². The monoisotopic (exact) mass is 387 g/mol. The molecular formula is C20H30FN7. The lowest BCUT2D eigenvalue weighted by Gasteiger charge is -2.31. The maximum Gasteiger partial charge on any atom is 0.147 e. The Bertz CT molecular complexity index is 784. The Kier molecular flexibility index (Phi) is 5.73. The second kappa shape index (κ2) is 8.24. The molecule has 2 unspecified atom stereocenters. The molecule has 4 rings (SSSR count). The van der Waals surface area contributed by atoms with Crippen LogP contribution >= 0.6 is 0 Å². The molecule has 2 aromatic rings. The van der Waals surface area contributed by atoms with Gasteiger partial charge in [0.2, 0.25) is 0 Å². The first-order chi connectivity index (χ1) is 13.5. The highest BCUT2D eigenvalue weighted by Crippen LogP contribution is 2.35. The van der Waals surface area contributed by atoms with E-state index in [1.807, 2.05) is 12.1 Å². The fraction of sp³-hybridized carbons (Fsp3) is 0.600. The van der Waals surface area contributed by atoms with E-state index < -0.39 is 0 Å². The van der Waals surface area contributed by atoms with Crippen LogP contribution in [0.25, 0.3) is 0 Å². The summed E-state index contributed by atoms with van der Waals surface area (Å²) in [5.41, 5.74) is 13.6. The molecule has 2 heterocycles. The second-order valence-electron chi connectivity index (χ2n) is 8.16. The number of benzene rings is 1. The minimum atomic E-state index is -0.203. The van der Waals surface area contributed by atoms with Crippen molar-refractivity contribution in [1.82, 2.24) is 30.5 Å². The van der Waals surface area contributed by atoms with Crippen molar-refractivity contribution in [1.29, 1.82) is 0 Å². The van der Waals surface area contributed by atoms with E-state index in [9.17, 15) is 4.39 Å². The standard InChI is InChI=1S/C20H30FN7/c1-3-28-18(24-26-20(28)14-8-17(22)9-14)12-27(2)11-15-10-23-25-19(15)13-4-6-16(21)7-5-13/h4-7,14-15,17,19,23,25H,3,8-12,22H2,1-2H3. The number of halogens is 1. The van der Waals surface area contributed by atoms with Crippen LogP contribution in [0, 0.1) is 11.7 Å². The molecule has 0 bridgehead atoms. The van der Waals surface area contributed by atoms with Gasteiger partial charge in [0.1, 0.15) is 17.5 Å². The first-order valence-corrected chi connectivity index (χ1v) is 10.1. The zero-order chi connectivity index (χ0) is 19.7. The van der Waals surface area contributed by atoms with Gasteiger partial charge in [-0.1, -0.05) is 12.1 Å². The number of rotatable bonds is 7. The molecule has 28 heavy (non-hydrogen) atoms. The molecule has 2 aliphatic rings. The van der Waals surface area contributed by atoms with E-state index in [4.69, 9.17) is 5.73 Å². The highest BCUT2D eigenvalue weighted by Gasteiger charge is 2.33. The van der Waals surface area contributed by atoms with Crippen LogP contribution in [0.15, 0.2) is 24.3 Å². The van der Waals surface area contributed by atoms with Gasteiger partial charge in [-0.05, 0) is 44.5 Å². The Hall–Kier alpha value is -1.87. The Morgan fingerprint density at radius 2 is 2.00 bits per heavy atom. The van der Waals surface area contributed by atoms with Gasteiger partial charge in [0.15, 0.2) is 0 Å². The van der Waals surface area contributed by atoms with Crippen molar-refractivity contribution in [2.45, 2.75) is 50.9 Å². The summed E-state index contributed by atoms with van der Waals surface area (Å²) in [6.45, 7) is 5.55. The molecule has 8 heteroatoms. The van der Waals surface area contributed by atoms with Gasteiger partial charge in [-0.2, -0.15) is 0 Å².